The molecule has 2 fully saturated rings. The van der Waals surface area contributed by atoms with Crippen molar-refractivity contribution in [3.05, 3.63) is 140 Å². The lowest BCUT2D eigenvalue weighted by molar-refractivity contribution is 0.764. The van der Waals surface area contributed by atoms with Gasteiger partial charge in [0.05, 0.1) is 0 Å². The van der Waals surface area contributed by atoms with Crippen LogP contribution in [0.3, 0.4) is 0 Å². The molecule has 4 heteroatoms. The largest absolute Gasteiger partial charge is 0.295 e. The molecule has 1 N–H and O–H groups in total. The SMILES string of the molecule is C.C.CCCCNP1[C@H](c2cc(C)cc(C)c2)CC[C@H]1c1cc(C)cc(C)c1.Cc1cc(C)cc([C@@H]2CC[C@@H](c3cc(C)cc(C)c3)P2Cl)c1. The zero-order valence-corrected chi connectivity index (χ0v) is 33.5. The molecule has 0 bridgehead atoms. The third-order valence-corrected chi connectivity index (χ3v) is 16.8. The third-order valence-electron chi connectivity index (χ3n) is 10.0. The molecular formula is C46H66ClNP2. The molecule has 2 heterocycles. The van der Waals surface area contributed by atoms with E-state index in [2.05, 4.69) is 140 Å². The van der Waals surface area contributed by atoms with Crippen LogP contribution in [0.5, 0.6) is 0 Å². The highest BCUT2D eigenvalue weighted by Gasteiger charge is 2.38. The molecule has 2 aliphatic heterocycles. The molecule has 0 saturated carbocycles. The molecule has 2 saturated heterocycles. The molecule has 1 nitrogen and oxygen atoms in total. The van der Waals surface area contributed by atoms with Crippen LogP contribution in [0.25, 0.3) is 0 Å². The number of nitrogens with one attached hydrogen (secondary N) is 1. The van der Waals surface area contributed by atoms with E-state index in [-0.39, 0.29) is 22.9 Å². The van der Waals surface area contributed by atoms with Gasteiger partial charge >= 0.3 is 0 Å². The van der Waals surface area contributed by atoms with E-state index in [1.165, 1.54) is 94.2 Å². The highest BCUT2D eigenvalue weighted by molar-refractivity contribution is 7.84. The van der Waals surface area contributed by atoms with E-state index in [1.54, 1.807) is 11.1 Å². The summed E-state index contributed by atoms with van der Waals surface area (Å²) in [5.74, 6) is 0. The first-order valence-electron chi connectivity index (χ1n) is 18.2. The van der Waals surface area contributed by atoms with Crippen molar-refractivity contribution in [3.63, 3.8) is 0 Å². The molecule has 272 valence electrons. The number of hydrogen-bond acceptors (Lipinski definition) is 1. The lowest BCUT2D eigenvalue weighted by Gasteiger charge is -2.28. The topological polar surface area (TPSA) is 12.0 Å². The molecule has 4 atom stereocenters. The first-order chi connectivity index (χ1) is 22.9. The van der Waals surface area contributed by atoms with E-state index in [9.17, 15) is 0 Å². The summed E-state index contributed by atoms with van der Waals surface area (Å²) in [6, 6.07) is 28.1. The fourth-order valence-corrected chi connectivity index (χ4v) is 14.7. The second kappa shape index (κ2) is 19.2. The molecule has 6 rings (SSSR count). The van der Waals surface area contributed by atoms with Gasteiger partial charge < -0.3 is 0 Å². The van der Waals surface area contributed by atoms with E-state index in [1.807, 2.05) is 0 Å². The van der Waals surface area contributed by atoms with Gasteiger partial charge in [0.1, 0.15) is 0 Å². The first-order valence-corrected chi connectivity index (χ1v) is 22.1. The van der Waals surface area contributed by atoms with Crippen LogP contribution in [0.1, 0.15) is 150 Å². The van der Waals surface area contributed by atoms with Crippen LogP contribution in [0.4, 0.5) is 0 Å². The Kier molecular flexibility index (Phi) is 16.3. The van der Waals surface area contributed by atoms with Crippen LogP contribution >= 0.6 is 26.6 Å². The Labute approximate surface area is 314 Å². The molecule has 2 aliphatic rings. The summed E-state index contributed by atoms with van der Waals surface area (Å²) in [6.45, 7) is 21.1. The van der Waals surface area contributed by atoms with Gasteiger partial charge in [0, 0.05) is 29.9 Å². The van der Waals surface area contributed by atoms with E-state index >= 15 is 0 Å². The van der Waals surface area contributed by atoms with Gasteiger partial charge in [-0.3, -0.25) is 5.09 Å². The van der Waals surface area contributed by atoms with Gasteiger partial charge in [-0.25, -0.2) is 0 Å². The van der Waals surface area contributed by atoms with E-state index in [4.69, 9.17) is 11.2 Å². The van der Waals surface area contributed by atoms with Gasteiger partial charge in [0.25, 0.3) is 0 Å². The number of hydrogen-bond donors (Lipinski definition) is 1. The van der Waals surface area contributed by atoms with Gasteiger partial charge in [-0.2, -0.15) is 0 Å². The predicted molar refractivity (Wildman–Crippen MR) is 229 cm³/mol. The van der Waals surface area contributed by atoms with Crippen molar-refractivity contribution < 1.29 is 0 Å². The van der Waals surface area contributed by atoms with Gasteiger partial charge in [-0.15, -0.1) is 0 Å². The lowest BCUT2D eigenvalue weighted by Crippen LogP contribution is -2.14. The lowest BCUT2D eigenvalue weighted by atomic mass is 9.99. The maximum absolute atomic E-state index is 6.99. The zero-order valence-electron chi connectivity index (χ0n) is 31.0. The van der Waals surface area contributed by atoms with Crippen molar-refractivity contribution in [1.29, 1.82) is 0 Å². The molecule has 4 aromatic rings. The van der Waals surface area contributed by atoms with Crippen LogP contribution in [0.2, 0.25) is 0 Å². The number of rotatable bonds is 8. The third kappa shape index (κ3) is 10.8. The summed E-state index contributed by atoms with van der Waals surface area (Å²) >= 11 is 6.99. The number of unbranched alkanes of at least 4 members (excludes halogenated alkanes) is 1. The summed E-state index contributed by atoms with van der Waals surface area (Å²) in [7, 11) is -0.757. The van der Waals surface area contributed by atoms with Crippen LogP contribution in [0.15, 0.2) is 72.8 Å². The standard InChI is InChI=1S/C24H34NP.C20H24ClP.2CH4/c1-6-7-10-25-26-23(21-13-17(2)11-18(3)14-21)8-9-24(26)22-15-19(4)12-20(5)16-22;1-13-7-14(2)10-17(9-13)19-5-6-20(22(19)21)18-11-15(3)8-16(4)12-18;;/h11-16,23-25H,6-10H2,1-5H3;7-12,19-20H,5-6H2,1-4H3;2*1H4/t23-,24-;19-,20-;;/m00../s1. The fraction of sp³-hybridized carbons (Fsp3) is 0.478. The number of aryl methyl sites for hydroxylation is 8. The molecule has 0 aliphatic carbocycles. The van der Waals surface area contributed by atoms with Gasteiger partial charge in [0.2, 0.25) is 0 Å². The summed E-state index contributed by atoms with van der Waals surface area (Å²) in [5, 5.41) is 4.02. The van der Waals surface area contributed by atoms with Crippen molar-refractivity contribution in [2.45, 2.75) is 138 Å². The monoisotopic (exact) mass is 729 g/mol. The van der Waals surface area contributed by atoms with Gasteiger partial charge in [-0.05, 0) is 124 Å². The minimum absolute atomic E-state index is 0. The van der Waals surface area contributed by atoms with Gasteiger partial charge in [-0.1, -0.05) is 157 Å². The summed E-state index contributed by atoms with van der Waals surface area (Å²) < 4.78 is 0. The first kappa shape index (κ1) is 42.4. The quantitative estimate of drug-likeness (QED) is 0.141. The fourth-order valence-electron chi connectivity index (χ4n) is 8.28. The van der Waals surface area contributed by atoms with Crippen molar-refractivity contribution in [2.75, 3.05) is 6.54 Å². The number of benzene rings is 4. The maximum Gasteiger partial charge on any atom is 0.0186 e. The molecule has 0 amide bonds. The average molecular weight is 730 g/mol. The van der Waals surface area contributed by atoms with E-state index in [0.717, 1.165) is 6.54 Å². The van der Waals surface area contributed by atoms with E-state index < -0.39 is 7.27 Å². The highest BCUT2D eigenvalue weighted by Crippen LogP contribution is 2.73. The normalized spacial score (nSPS) is 20.5. The molecule has 4 aromatic carbocycles. The smallest absolute Gasteiger partial charge is 0.0186 e. The minimum Gasteiger partial charge on any atom is -0.295 e. The molecule has 0 radical (unpaired) electrons. The Morgan fingerprint density at radius 2 is 0.740 bits per heavy atom. The second-order valence-electron chi connectivity index (χ2n) is 14.9. The average Bonchev–Trinajstić information content (AvgIpc) is 3.59. The van der Waals surface area contributed by atoms with Crippen LogP contribution in [0, 0.1) is 55.4 Å². The Morgan fingerprint density at radius 3 is 1.02 bits per heavy atom. The van der Waals surface area contributed by atoms with Crippen molar-refractivity contribution >= 4 is 26.6 Å². The van der Waals surface area contributed by atoms with E-state index in [0.29, 0.717) is 22.6 Å². The number of halogens is 1. The molecule has 0 aromatic heterocycles. The Balaban J connectivity index is 0.000000263. The van der Waals surface area contributed by atoms with Crippen molar-refractivity contribution in [2.24, 2.45) is 0 Å². The van der Waals surface area contributed by atoms with Crippen molar-refractivity contribution in [3.8, 4) is 0 Å². The second-order valence-corrected chi connectivity index (χ2v) is 20.4. The predicted octanol–water partition coefficient (Wildman–Crippen LogP) is 15.7. The molecule has 0 spiro atoms. The van der Waals surface area contributed by atoms with Crippen LogP contribution < -0.4 is 5.09 Å². The van der Waals surface area contributed by atoms with Crippen LogP contribution in [-0.2, 0) is 0 Å². The van der Waals surface area contributed by atoms with Gasteiger partial charge in [0.15, 0.2) is 0 Å². The highest BCUT2D eigenvalue weighted by atomic mass is 35.7. The molecule has 0 unspecified atom stereocenters. The van der Waals surface area contributed by atoms with Crippen LogP contribution in [-0.4, -0.2) is 6.54 Å². The maximum atomic E-state index is 6.99. The molecule has 50 heavy (non-hydrogen) atoms. The minimum atomic E-state index is -0.522. The zero-order chi connectivity index (χ0) is 34.5. The molecular weight excluding hydrogens is 664 g/mol. The van der Waals surface area contributed by atoms with Crippen molar-refractivity contribution in [1.82, 2.24) is 5.09 Å². The summed E-state index contributed by atoms with van der Waals surface area (Å²) in [6.07, 6.45) is 7.60. The Hall–Kier alpha value is -2.01. The summed E-state index contributed by atoms with van der Waals surface area (Å²) in [5.41, 5.74) is 19.5. The Morgan fingerprint density at radius 1 is 0.480 bits per heavy atom. The summed E-state index contributed by atoms with van der Waals surface area (Å²) in [4.78, 5) is 0. The Bertz CT molecular complexity index is 1500.